The molecule has 5 heteroatoms. The second-order valence-corrected chi connectivity index (χ2v) is 2.01. The molecule has 0 saturated heterocycles. The maximum absolute atomic E-state index is 10.8. The lowest BCUT2D eigenvalue weighted by Crippen LogP contribution is -2.23. The van der Waals surface area contributed by atoms with E-state index in [4.69, 9.17) is 10.8 Å². The van der Waals surface area contributed by atoms with Gasteiger partial charge in [-0.05, 0) is 0 Å². The average Bonchev–Trinajstić information content (AvgIpc) is 2.13. The molecule has 0 radical (unpaired) electrons. The number of amidine groups is 1. The van der Waals surface area contributed by atoms with Gasteiger partial charge in [0, 0.05) is 0 Å². The Morgan fingerprint density at radius 3 is 2.90 bits per heavy atom. The molecule has 0 aromatic heterocycles. The number of β-amino-alcohol motifs (C(OH)–C–C–N with tert-alkyl or cyclic N) is 1. The van der Waals surface area contributed by atoms with Crippen LogP contribution in [0.4, 0.5) is 0 Å². The molecule has 0 fully saturated rings. The number of hydrogen-bond acceptors (Lipinski definition) is 4. The van der Waals surface area contributed by atoms with E-state index in [9.17, 15) is 4.79 Å². The predicted octanol–water partition coefficient (Wildman–Crippen LogP) is -1.52. The smallest absolute Gasteiger partial charge is 0.250 e. The highest BCUT2D eigenvalue weighted by atomic mass is 16.3. The van der Waals surface area contributed by atoms with Crippen molar-refractivity contribution >= 4 is 11.7 Å². The average molecular weight is 143 g/mol. The SMILES string of the molecule is NC1=NN(CCO)C(=O)C1. The van der Waals surface area contributed by atoms with Crippen LogP contribution < -0.4 is 5.73 Å². The largest absolute Gasteiger partial charge is 0.394 e. The third-order valence-corrected chi connectivity index (χ3v) is 1.18. The van der Waals surface area contributed by atoms with E-state index in [0.29, 0.717) is 5.84 Å². The fraction of sp³-hybridized carbons (Fsp3) is 0.600. The highest BCUT2D eigenvalue weighted by molar-refractivity contribution is 6.02. The number of rotatable bonds is 2. The van der Waals surface area contributed by atoms with Crippen molar-refractivity contribution in [3.05, 3.63) is 0 Å². The van der Waals surface area contributed by atoms with E-state index in [1.54, 1.807) is 0 Å². The Morgan fingerprint density at radius 2 is 2.50 bits per heavy atom. The van der Waals surface area contributed by atoms with Crippen LogP contribution in [0.25, 0.3) is 0 Å². The molecule has 1 amide bonds. The van der Waals surface area contributed by atoms with Gasteiger partial charge in [-0.1, -0.05) is 0 Å². The molecule has 5 nitrogen and oxygen atoms in total. The first-order valence-corrected chi connectivity index (χ1v) is 2.98. The van der Waals surface area contributed by atoms with Crippen LogP contribution in [-0.4, -0.2) is 35.0 Å². The molecule has 1 rings (SSSR count). The summed E-state index contributed by atoms with van der Waals surface area (Å²) in [5.41, 5.74) is 5.25. The van der Waals surface area contributed by atoms with Crippen molar-refractivity contribution in [1.29, 1.82) is 0 Å². The molecule has 3 N–H and O–H groups in total. The zero-order chi connectivity index (χ0) is 7.56. The molecule has 0 aliphatic carbocycles. The molecule has 0 unspecified atom stereocenters. The highest BCUT2D eigenvalue weighted by Crippen LogP contribution is 2.03. The van der Waals surface area contributed by atoms with Gasteiger partial charge in [-0.15, -0.1) is 0 Å². The predicted molar refractivity (Wildman–Crippen MR) is 35.0 cm³/mol. The third kappa shape index (κ3) is 1.24. The molecular weight excluding hydrogens is 134 g/mol. The van der Waals surface area contributed by atoms with Crippen molar-refractivity contribution in [3.63, 3.8) is 0 Å². The van der Waals surface area contributed by atoms with Gasteiger partial charge in [0.05, 0.1) is 19.6 Å². The Labute approximate surface area is 58.1 Å². The summed E-state index contributed by atoms with van der Waals surface area (Å²) in [5.74, 6) is 0.171. The summed E-state index contributed by atoms with van der Waals surface area (Å²) >= 11 is 0. The third-order valence-electron chi connectivity index (χ3n) is 1.18. The molecule has 0 saturated carbocycles. The normalized spacial score (nSPS) is 17.9. The van der Waals surface area contributed by atoms with Crippen LogP contribution in [0, 0.1) is 0 Å². The van der Waals surface area contributed by atoms with Gasteiger partial charge in [-0.2, -0.15) is 5.10 Å². The first-order chi connectivity index (χ1) is 4.74. The fourth-order valence-corrected chi connectivity index (χ4v) is 0.762. The monoisotopic (exact) mass is 143 g/mol. The first-order valence-electron chi connectivity index (χ1n) is 2.98. The van der Waals surface area contributed by atoms with E-state index in [2.05, 4.69) is 5.10 Å². The topological polar surface area (TPSA) is 78.9 Å². The van der Waals surface area contributed by atoms with Crippen molar-refractivity contribution in [3.8, 4) is 0 Å². The van der Waals surface area contributed by atoms with E-state index in [0.717, 1.165) is 0 Å². The molecule has 1 aliphatic heterocycles. The molecule has 10 heavy (non-hydrogen) atoms. The zero-order valence-corrected chi connectivity index (χ0v) is 5.45. The highest BCUT2D eigenvalue weighted by Gasteiger charge is 2.20. The minimum Gasteiger partial charge on any atom is -0.394 e. The number of carbonyl (C=O) groups excluding carboxylic acids is 1. The van der Waals surface area contributed by atoms with Crippen molar-refractivity contribution in [2.24, 2.45) is 10.8 Å². The molecule has 0 bridgehead atoms. The van der Waals surface area contributed by atoms with Crippen LogP contribution in [0.15, 0.2) is 5.10 Å². The Kier molecular flexibility index (Phi) is 1.86. The summed E-state index contributed by atoms with van der Waals surface area (Å²) in [5, 5.41) is 13.3. The minimum absolute atomic E-state index is 0.0808. The maximum Gasteiger partial charge on any atom is 0.250 e. The summed E-state index contributed by atoms with van der Waals surface area (Å²) in [7, 11) is 0. The van der Waals surface area contributed by atoms with Crippen molar-refractivity contribution in [2.75, 3.05) is 13.2 Å². The standard InChI is InChI=1S/C5H9N3O2/c6-4-3-5(10)8(7-4)1-2-9/h9H,1-3H2,(H2,6,7). The second kappa shape index (κ2) is 2.66. The second-order valence-electron chi connectivity index (χ2n) is 2.01. The Hall–Kier alpha value is -1.10. The summed E-state index contributed by atoms with van der Waals surface area (Å²) < 4.78 is 0. The van der Waals surface area contributed by atoms with Gasteiger partial charge in [-0.3, -0.25) is 4.79 Å². The van der Waals surface area contributed by atoms with Crippen LogP contribution in [0.1, 0.15) is 6.42 Å². The van der Waals surface area contributed by atoms with E-state index < -0.39 is 0 Å². The van der Waals surface area contributed by atoms with Crippen LogP contribution in [0.5, 0.6) is 0 Å². The van der Waals surface area contributed by atoms with Crippen LogP contribution in [-0.2, 0) is 4.79 Å². The molecular formula is C5H9N3O2. The quantitative estimate of drug-likeness (QED) is 0.493. The Morgan fingerprint density at radius 1 is 1.80 bits per heavy atom. The van der Waals surface area contributed by atoms with Gasteiger partial charge in [0.1, 0.15) is 5.84 Å². The van der Waals surface area contributed by atoms with Gasteiger partial charge < -0.3 is 10.8 Å². The van der Waals surface area contributed by atoms with Crippen LogP contribution in [0.3, 0.4) is 0 Å². The maximum atomic E-state index is 10.8. The first kappa shape index (κ1) is 7.01. The van der Waals surface area contributed by atoms with Crippen molar-refractivity contribution in [1.82, 2.24) is 5.01 Å². The van der Waals surface area contributed by atoms with Gasteiger partial charge in [0.15, 0.2) is 0 Å². The molecule has 0 aromatic carbocycles. The lowest BCUT2D eigenvalue weighted by molar-refractivity contribution is -0.129. The lowest BCUT2D eigenvalue weighted by atomic mass is 10.4. The zero-order valence-electron chi connectivity index (χ0n) is 5.45. The summed E-state index contributed by atoms with van der Waals surface area (Å²) in [6.07, 6.45) is 0.181. The molecule has 0 atom stereocenters. The van der Waals surface area contributed by atoms with E-state index in [-0.39, 0.29) is 25.5 Å². The number of hydrogen-bond donors (Lipinski definition) is 2. The Balaban J connectivity index is 2.52. The van der Waals surface area contributed by atoms with E-state index >= 15 is 0 Å². The van der Waals surface area contributed by atoms with Gasteiger partial charge in [-0.25, -0.2) is 5.01 Å². The summed E-state index contributed by atoms with van der Waals surface area (Å²) in [4.78, 5) is 10.8. The van der Waals surface area contributed by atoms with E-state index in [1.165, 1.54) is 5.01 Å². The molecule has 1 heterocycles. The van der Waals surface area contributed by atoms with Gasteiger partial charge in [0.25, 0.3) is 0 Å². The number of aliphatic hydroxyl groups excluding tert-OH is 1. The number of nitrogens with zero attached hydrogens (tertiary/aromatic N) is 2. The molecule has 0 aromatic rings. The summed E-state index contributed by atoms with van der Waals surface area (Å²) in [6, 6.07) is 0. The number of carbonyl (C=O) groups is 1. The molecule has 56 valence electrons. The number of nitrogens with two attached hydrogens (primary N) is 1. The Bertz CT molecular complexity index is 178. The molecule has 0 spiro atoms. The van der Waals surface area contributed by atoms with Crippen molar-refractivity contribution < 1.29 is 9.90 Å². The van der Waals surface area contributed by atoms with Crippen molar-refractivity contribution in [2.45, 2.75) is 6.42 Å². The minimum atomic E-state index is -0.147. The fourth-order valence-electron chi connectivity index (χ4n) is 0.762. The van der Waals surface area contributed by atoms with Crippen LogP contribution in [0.2, 0.25) is 0 Å². The van der Waals surface area contributed by atoms with Gasteiger partial charge >= 0.3 is 0 Å². The number of amides is 1. The lowest BCUT2D eigenvalue weighted by Gasteiger charge is -2.07. The number of aliphatic hydroxyl groups is 1. The van der Waals surface area contributed by atoms with Crippen LogP contribution >= 0.6 is 0 Å². The van der Waals surface area contributed by atoms with Gasteiger partial charge in [0.2, 0.25) is 5.91 Å². The number of hydrazone groups is 1. The molecule has 1 aliphatic rings. The van der Waals surface area contributed by atoms with E-state index in [1.807, 2.05) is 0 Å². The summed E-state index contributed by atoms with van der Waals surface area (Å²) in [6.45, 7) is 0.155.